The summed E-state index contributed by atoms with van der Waals surface area (Å²) in [6.07, 6.45) is 3.16. The zero-order valence-electron chi connectivity index (χ0n) is 12.9. The molecule has 0 aliphatic rings. The molecule has 0 aromatic rings. The SMILES string of the molecule is CCCCCC[C@H](NC(=O)[C@H](CC(=O)O)NC(C)=O)C(=O)O. The quantitative estimate of drug-likeness (QED) is 0.410. The van der Waals surface area contributed by atoms with Crippen molar-refractivity contribution < 1.29 is 29.4 Å². The van der Waals surface area contributed by atoms with Crippen molar-refractivity contribution in [3.63, 3.8) is 0 Å². The molecule has 126 valence electrons. The van der Waals surface area contributed by atoms with Gasteiger partial charge in [0.05, 0.1) is 6.42 Å². The van der Waals surface area contributed by atoms with Crippen molar-refractivity contribution in [2.75, 3.05) is 0 Å². The number of carbonyl (C=O) groups is 4. The highest BCUT2D eigenvalue weighted by atomic mass is 16.4. The average Bonchev–Trinajstić information content (AvgIpc) is 2.39. The van der Waals surface area contributed by atoms with Crippen LogP contribution < -0.4 is 10.6 Å². The molecule has 0 heterocycles. The van der Waals surface area contributed by atoms with E-state index < -0.39 is 42.3 Å². The molecule has 0 aliphatic carbocycles. The van der Waals surface area contributed by atoms with Gasteiger partial charge in [0.15, 0.2) is 0 Å². The van der Waals surface area contributed by atoms with Crippen LogP contribution in [-0.4, -0.2) is 46.0 Å². The fourth-order valence-corrected chi connectivity index (χ4v) is 1.93. The number of unbranched alkanes of at least 4 members (excludes halogenated alkanes) is 3. The van der Waals surface area contributed by atoms with Crippen molar-refractivity contribution in [2.45, 2.75) is 64.5 Å². The van der Waals surface area contributed by atoms with E-state index in [1.165, 1.54) is 0 Å². The number of amides is 2. The molecule has 2 amide bonds. The number of carbonyl (C=O) groups excluding carboxylic acids is 2. The maximum absolute atomic E-state index is 12.0. The van der Waals surface area contributed by atoms with Crippen LogP contribution in [0, 0.1) is 0 Å². The molecular formula is C14H24N2O6. The summed E-state index contributed by atoms with van der Waals surface area (Å²) in [6.45, 7) is 3.18. The second-order valence-electron chi connectivity index (χ2n) is 5.10. The van der Waals surface area contributed by atoms with Crippen LogP contribution in [0.3, 0.4) is 0 Å². The Bertz CT molecular complexity index is 394. The Hall–Kier alpha value is -2.12. The van der Waals surface area contributed by atoms with E-state index in [-0.39, 0.29) is 6.42 Å². The molecule has 0 fully saturated rings. The van der Waals surface area contributed by atoms with E-state index in [2.05, 4.69) is 10.6 Å². The summed E-state index contributed by atoms with van der Waals surface area (Å²) >= 11 is 0. The van der Waals surface area contributed by atoms with Crippen LogP contribution in [0.4, 0.5) is 0 Å². The number of carboxylic acid groups (broad SMARTS) is 2. The lowest BCUT2D eigenvalue weighted by molar-refractivity contribution is -0.143. The Labute approximate surface area is 129 Å². The summed E-state index contributed by atoms with van der Waals surface area (Å²) in [6, 6.07) is -2.37. The highest BCUT2D eigenvalue weighted by Crippen LogP contribution is 2.06. The summed E-state index contributed by atoms with van der Waals surface area (Å²) in [5, 5.41) is 22.3. The first-order chi connectivity index (χ1) is 10.3. The Morgan fingerprint density at radius 3 is 2.05 bits per heavy atom. The first-order valence-electron chi connectivity index (χ1n) is 7.30. The third kappa shape index (κ3) is 8.93. The van der Waals surface area contributed by atoms with Gasteiger partial charge in [-0.3, -0.25) is 14.4 Å². The Morgan fingerprint density at radius 2 is 1.59 bits per heavy atom. The van der Waals surface area contributed by atoms with Gasteiger partial charge < -0.3 is 20.8 Å². The minimum atomic E-state index is -1.28. The van der Waals surface area contributed by atoms with E-state index >= 15 is 0 Å². The predicted octanol–water partition coefficient (Wildman–Crippen LogP) is 0.506. The number of nitrogens with one attached hydrogen (secondary N) is 2. The molecule has 8 nitrogen and oxygen atoms in total. The molecule has 0 saturated heterocycles. The van der Waals surface area contributed by atoms with Gasteiger partial charge in [-0.15, -0.1) is 0 Å². The van der Waals surface area contributed by atoms with Gasteiger partial charge in [-0.2, -0.15) is 0 Å². The second-order valence-corrected chi connectivity index (χ2v) is 5.10. The number of aliphatic carboxylic acids is 2. The van der Waals surface area contributed by atoms with Gasteiger partial charge in [-0.1, -0.05) is 32.6 Å². The largest absolute Gasteiger partial charge is 0.481 e. The monoisotopic (exact) mass is 316 g/mol. The van der Waals surface area contributed by atoms with Crippen LogP contribution in [0.15, 0.2) is 0 Å². The molecule has 8 heteroatoms. The minimum Gasteiger partial charge on any atom is -0.481 e. The van der Waals surface area contributed by atoms with Gasteiger partial charge in [-0.05, 0) is 6.42 Å². The molecule has 0 bridgehead atoms. The van der Waals surface area contributed by atoms with E-state index in [0.29, 0.717) is 6.42 Å². The van der Waals surface area contributed by atoms with E-state index in [0.717, 1.165) is 26.2 Å². The summed E-state index contributed by atoms with van der Waals surface area (Å²) in [4.78, 5) is 44.8. The molecule has 0 unspecified atom stereocenters. The van der Waals surface area contributed by atoms with E-state index in [1.807, 2.05) is 6.92 Å². The van der Waals surface area contributed by atoms with Gasteiger partial charge in [0, 0.05) is 6.92 Å². The van der Waals surface area contributed by atoms with Crippen molar-refractivity contribution in [1.29, 1.82) is 0 Å². The molecule has 0 aliphatic heterocycles. The van der Waals surface area contributed by atoms with Gasteiger partial charge in [-0.25, -0.2) is 4.79 Å². The topological polar surface area (TPSA) is 133 Å². The Kier molecular flexibility index (Phi) is 9.56. The van der Waals surface area contributed by atoms with Crippen molar-refractivity contribution in [1.82, 2.24) is 10.6 Å². The highest BCUT2D eigenvalue weighted by Gasteiger charge is 2.27. The third-order valence-corrected chi connectivity index (χ3v) is 3.03. The molecule has 0 aromatic carbocycles. The molecule has 0 rings (SSSR count). The summed E-state index contributed by atoms with van der Waals surface area (Å²) in [5.41, 5.74) is 0. The first-order valence-corrected chi connectivity index (χ1v) is 7.30. The number of hydrogen-bond acceptors (Lipinski definition) is 4. The maximum Gasteiger partial charge on any atom is 0.326 e. The zero-order valence-corrected chi connectivity index (χ0v) is 12.9. The van der Waals surface area contributed by atoms with Gasteiger partial charge in [0.1, 0.15) is 12.1 Å². The average molecular weight is 316 g/mol. The Balaban J connectivity index is 4.63. The second kappa shape index (κ2) is 10.6. The lowest BCUT2D eigenvalue weighted by atomic mass is 10.1. The van der Waals surface area contributed by atoms with Crippen LogP contribution in [0.25, 0.3) is 0 Å². The van der Waals surface area contributed by atoms with Crippen LogP contribution in [0.5, 0.6) is 0 Å². The van der Waals surface area contributed by atoms with E-state index in [9.17, 15) is 19.2 Å². The zero-order chi connectivity index (χ0) is 17.1. The van der Waals surface area contributed by atoms with Crippen LogP contribution in [0.1, 0.15) is 52.4 Å². The molecule has 0 aromatic heterocycles. The molecular weight excluding hydrogens is 292 g/mol. The van der Waals surface area contributed by atoms with Gasteiger partial charge in [0.25, 0.3) is 0 Å². The Morgan fingerprint density at radius 1 is 0.955 bits per heavy atom. The molecule has 22 heavy (non-hydrogen) atoms. The standard InChI is InChI=1S/C14H24N2O6/c1-3-4-5-6-7-10(14(21)22)16-13(20)11(8-12(18)19)15-9(2)17/h10-11H,3-8H2,1-2H3,(H,15,17)(H,16,20)(H,18,19)(H,21,22)/t10-,11-/m0/s1. The first kappa shape index (κ1) is 19.9. The lowest BCUT2D eigenvalue weighted by Crippen LogP contribution is -2.51. The lowest BCUT2D eigenvalue weighted by Gasteiger charge is -2.19. The van der Waals surface area contributed by atoms with Crippen molar-refractivity contribution in [2.24, 2.45) is 0 Å². The summed E-state index contributed by atoms with van der Waals surface area (Å²) < 4.78 is 0. The maximum atomic E-state index is 12.0. The summed E-state index contributed by atoms with van der Waals surface area (Å²) in [5.74, 6) is -3.80. The third-order valence-electron chi connectivity index (χ3n) is 3.03. The van der Waals surface area contributed by atoms with Gasteiger partial charge in [0.2, 0.25) is 11.8 Å². The van der Waals surface area contributed by atoms with Crippen molar-refractivity contribution in [3.8, 4) is 0 Å². The van der Waals surface area contributed by atoms with Crippen molar-refractivity contribution >= 4 is 23.8 Å². The molecule has 0 radical (unpaired) electrons. The summed E-state index contributed by atoms with van der Waals surface area (Å²) in [7, 11) is 0. The fraction of sp³-hybridized carbons (Fsp3) is 0.714. The van der Waals surface area contributed by atoms with Crippen LogP contribution in [-0.2, 0) is 19.2 Å². The van der Waals surface area contributed by atoms with Gasteiger partial charge >= 0.3 is 11.9 Å². The minimum absolute atomic E-state index is 0.265. The molecule has 0 saturated carbocycles. The predicted molar refractivity (Wildman–Crippen MR) is 78.2 cm³/mol. The van der Waals surface area contributed by atoms with Crippen LogP contribution in [0.2, 0.25) is 0 Å². The van der Waals surface area contributed by atoms with E-state index in [1.54, 1.807) is 0 Å². The highest BCUT2D eigenvalue weighted by molar-refractivity contribution is 5.92. The normalized spacial score (nSPS) is 13.0. The number of hydrogen-bond donors (Lipinski definition) is 4. The van der Waals surface area contributed by atoms with Crippen molar-refractivity contribution in [3.05, 3.63) is 0 Å². The smallest absolute Gasteiger partial charge is 0.326 e. The molecule has 4 N–H and O–H groups in total. The molecule has 2 atom stereocenters. The van der Waals surface area contributed by atoms with Crippen LogP contribution >= 0.6 is 0 Å². The number of carboxylic acids is 2. The fourth-order valence-electron chi connectivity index (χ4n) is 1.93. The van der Waals surface area contributed by atoms with E-state index in [4.69, 9.17) is 10.2 Å². The number of rotatable bonds is 11. The molecule has 0 spiro atoms.